The number of nitrogens with one attached hydrogen (secondary N) is 1. The van der Waals surface area contributed by atoms with Gasteiger partial charge in [-0.15, -0.1) is 0 Å². The zero-order valence-electron chi connectivity index (χ0n) is 13.0. The molecule has 1 N–H and O–H groups in total. The number of Topliss-reactive ketones (excluding diaryl/α,β-unsaturated/α-hetero) is 1. The number of fused-ring (bicyclic) bond motifs is 1. The van der Waals surface area contributed by atoms with Crippen LogP contribution < -0.4 is 5.32 Å². The van der Waals surface area contributed by atoms with Gasteiger partial charge in [-0.05, 0) is 36.6 Å². The molecule has 3 aromatic rings. The van der Waals surface area contributed by atoms with Crippen LogP contribution in [0.15, 0.2) is 60.8 Å². The minimum atomic E-state index is -0.0662. The second-order valence-electron chi connectivity index (χ2n) is 5.50. The molecule has 2 aromatic carbocycles. The van der Waals surface area contributed by atoms with Crippen LogP contribution in [0.2, 0.25) is 0 Å². The number of aryl methyl sites for hydroxylation is 1. The van der Waals surface area contributed by atoms with E-state index < -0.39 is 0 Å². The van der Waals surface area contributed by atoms with Gasteiger partial charge >= 0.3 is 0 Å². The molecule has 0 aliphatic heterocycles. The standard InChI is InChI=1S/C19H18N2O2/c1-14(22)16-6-4-7-17(13-16)20-19(23)10-12-21-11-9-15-5-2-3-8-18(15)21/h2-9,11,13H,10,12H2,1H3,(H,20,23). The van der Waals surface area contributed by atoms with Gasteiger partial charge in [-0.2, -0.15) is 0 Å². The van der Waals surface area contributed by atoms with E-state index in [1.54, 1.807) is 24.3 Å². The molecule has 0 saturated heterocycles. The number of nitrogens with zero attached hydrogens (tertiary/aromatic N) is 1. The van der Waals surface area contributed by atoms with Crippen molar-refractivity contribution >= 4 is 28.3 Å². The lowest BCUT2D eigenvalue weighted by Crippen LogP contribution is -2.14. The van der Waals surface area contributed by atoms with Crippen molar-refractivity contribution in [2.45, 2.75) is 19.9 Å². The van der Waals surface area contributed by atoms with Gasteiger partial charge in [0.25, 0.3) is 0 Å². The normalized spacial score (nSPS) is 10.7. The molecule has 0 unspecified atom stereocenters. The molecule has 0 spiro atoms. The van der Waals surface area contributed by atoms with Gasteiger partial charge in [-0.1, -0.05) is 30.3 Å². The van der Waals surface area contributed by atoms with E-state index in [1.165, 1.54) is 12.3 Å². The second kappa shape index (κ2) is 6.48. The van der Waals surface area contributed by atoms with Gasteiger partial charge in [0.05, 0.1) is 0 Å². The van der Waals surface area contributed by atoms with Crippen LogP contribution in [0.1, 0.15) is 23.7 Å². The number of rotatable bonds is 5. The van der Waals surface area contributed by atoms with E-state index in [2.05, 4.69) is 16.0 Å². The van der Waals surface area contributed by atoms with Crippen LogP contribution in [0.4, 0.5) is 5.69 Å². The first-order valence-electron chi connectivity index (χ1n) is 7.58. The smallest absolute Gasteiger partial charge is 0.226 e. The zero-order chi connectivity index (χ0) is 16.2. The number of para-hydroxylation sites is 1. The van der Waals surface area contributed by atoms with E-state index in [0.29, 0.717) is 24.2 Å². The number of anilines is 1. The van der Waals surface area contributed by atoms with Gasteiger partial charge in [-0.25, -0.2) is 0 Å². The molecule has 3 rings (SSSR count). The van der Waals surface area contributed by atoms with Crippen molar-refractivity contribution in [3.63, 3.8) is 0 Å². The number of ketones is 1. The predicted molar refractivity (Wildman–Crippen MR) is 91.6 cm³/mol. The van der Waals surface area contributed by atoms with Gasteiger partial charge in [0.15, 0.2) is 5.78 Å². The quantitative estimate of drug-likeness (QED) is 0.727. The number of carbonyl (C=O) groups is 2. The van der Waals surface area contributed by atoms with Crippen LogP contribution in [0.5, 0.6) is 0 Å². The van der Waals surface area contributed by atoms with Gasteiger partial charge in [0.2, 0.25) is 5.91 Å². The minimum absolute atomic E-state index is 0.0140. The highest BCUT2D eigenvalue weighted by atomic mass is 16.1. The monoisotopic (exact) mass is 306 g/mol. The Balaban J connectivity index is 1.64. The summed E-state index contributed by atoms with van der Waals surface area (Å²) in [5.41, 5.74) is 2.37. The summed E-state index contributed by atoms with van der Waals surface area (Å²) >= 11 is 0. The van der Waals surface area contributed by atoms with Crippen molar-refractivity contribution < 1.29 is 9.59 Å². The van der Waals surface area contributed by atoms with Crippen LogP contribution in [-0.2, 0) is 11.3 Å². The Hall–Kier alpha value is -2.88. The Labute approximate surface area is 134 Å². The molecule has 0 atom stereocenters. The lowest BCUT2D eigenvalue weighted by molar-refractivity contribution is -0.116. The predicted octanol–water partition coefficient (Wildman–Crippen LogP) is 3.87. The maximum absolute atomic E-state index is 12.1. The SMILES string of the molecule is CC(=O)c1cccc(NC(=O)CCn2ccc3ccccc32)c1. The minimum Gasteiger partial charge on any atom is -0.347 e. The molecule has 0 bridgehead atoms. The summed E-state index contributed by atoms with van der Waals surface area (Å²) in [4.78, 5) is 23.5. The third-order valence-corrected chi connectivity index (χ3v) is 3.81. The van der Waals surface area contributed by atoms with E-state index >= 15 is 0 Å². The summed E-state index contributed by atoms with van der Waals surface area (Å²) in [5.74, 6) is -0.0802. The molecule has 4 heteroatoms. The first kappa shape index (κ1) is 15.0. The summed E-state index contributed by atoms with van der Waals surface area (Å²) in [5, 5.41) is 4.01. The van der Waals surface area contributed by atoms with Crippen molar-refractivity contribution in [2.24, 2.45) is 0 Å². The van der Waals surface area contributed by atoms with Crippen molar-refractivity contribution in [2.75, 3.05) is 5.32 Å². The number of benzene rings is 2. The highest BCUT2D eigenvalue weighted by Gasteiger charge is 2.06. The molecular weight excluding hydrogens is 288 g/mol. The Morgan fingerprint density at radius 2 is 1.87 bits per heavy atom. The van der Waals surface area contributed by atoms with Crippen LogP contribution in [0.3, 0.4) is 0 Å². The maximum atomic E-state index is 12.1. The van der Waals surface area contributed by atoms with E-state index in [-0.39, 0.29) is 11.7 Å². The van der Waals surface area contributed by atoms with Gasteiger partial charge in [-0.3, -0.25) is 9.59 Å². The summed E-state index contributed by atoms with van der Waals surface area (Å²) in [6, 6.07) is 17.1. The highest BCUT2D eigenvalue weighted by molar-refractivity contribution is 5.97. The van der Waals surface area contributed by atoms with E-state index in [4.69, 9.17) is 0 Å². The van der Waals surface area contributed by atoms with E-state index in [1.807, 2.05) is 30.5 Å². The van der Waals surface area contributed by atoms with Crippen molar-refractivity contribution in [3.8, 4) is 0 Å². The number of hydrogen-bond donors (Lipinski definition) is 1. The second-order valence-corrected chi connectivity index (χ2v) is 5.50. The molecule has 1 amide bonds. The Kier molecular flexibility index (Phi) is 4.24. The topological polar surface area (TPSA) is 51.1 Å². The summed E-state index contributed by atoms with van der Waals surface area (Å²) in [7, 11) is 0. The van der Waals surface area contributed by atoms with Crippen molar-refractivity contribution in [3.05, 3.63) is 66.4 Å². The number of amides is 1. The van der Waals surface area contributed by atoms with Crippen LogP contribution >= 0.6 is 0 Å². The lowest BCUT2D eigenvalue weighted by atomic mass is 10.1. The van der Waals surface area contributed by atoms with E-state index in [0.717, 1.165) is 5.52 Å². The van der Waals surface area contributed by atoms with Gasteiger partial charge in [0.1, 0.15) is 0 Å². The Bertz CT molecular complexity index is 864. The number of hydrogen-bond acceptors (Lipinski definition) is 2. The molecule has 0 aliphatic carbocycles. The first-order chi connectivity index (χ1) is 11.1. The average Bonchev–Trinajstić information content (AvgIpc) is 2.96. The van der Waals surface area contributed by atoms with Crippen molar-refractivity contribution in [1.82, 2.24) is 4.57 Å². The van der Waals surface area contributed by atoms with Crippen LogP contribution in [-0.4, -0.2) is 16.3 Å². The third kappa shape index (κ3) is 3.48. The van der Waals surface area contributed by atoms with Gasteiger partial charge < -0.3 is 9.88 Å². The lowest BCUT2D eigenvalue weighted by Gasteiger charge is -2.08. The fraction of sp³-hybridized carbons (Fsp3) is 0.158. The number of carbonyl (C=O) groups excluding carboxylic acids is 2. The largest absolute Gasteiger partial charge is 0.347 e. The molecule has 0 saturated carbocycles. The average molecular weight is 306 g/mol. The van der Waals surface area contributed by atoms with Crippen LogP contribution in [0.25, 0.3) is 10.9 Å². The maximum Gasteiger partial charge on any atom is 0.226 e. The molecule has 1 heterocycles. The summed E-state index contributed by atoms with van der Waals surface area (Å²) < 4.78 is 2.07. The van der Waals surface area contributed by atoms with Crippen molar-refractivity contribution in [1.29, 1.82) is 0 Å². The Morgan fingerprint density at radius 1 is 1.04 bits per heavy atom. The third-order valence-electron chi connectivity index (χ3n) is 3.81. The molecule has 0 radical (unpaired) electrons. The zero-order valence-corrected chi connectivity index (χ0v) is 13.0. The summed E-state index contributed by atoms with van der Waals surface area (Å²) in [6.45, 7) is 2.13. The van der Waals surface area contributed by atoms with Crippen LogP contribution in [0, 0.1) is 0 Å². The fourth-order valence-electron chi connectivity index (χ4n) is 2.60. The molecule has 0 aliphatic rings. The Morgan fingerprint density at radius 3 is 2.70 bits per heavy atom. The molecule has 1 aromatic heterocycles. The molecule has 0 fully saturated rings. The number of aromatic nitrogens is 1. The molecule has 23 heavy (non-hydrogen) atoms. The molecule has 116 valence electrons. The molecular formula is C19H18N2O2. The van der Waals surface area contributed by atoms with Gasteiger partial charge in [0, 0.05) is 35.9 Å². The molecule has 4 nitrogen and oxygen atoms in total. The summed E-state index contributed by atoms with van der Waals surface area (Å²) in [6.07, 6.45) is 2.37. The highest BCUT2D eigenvalue weighted by Crippen LogP contribution is 2.16. The van der Waals surface area contributed by atoms with E-state index in [9.17, 15) is 9.59 Å². The first-order valence-corrected chi connectivity index (χ1v) is 7.58. The fourth-order valence-corrected chi connectivity index (χ4v) is 2.60.